The molecule has 33 heavy (non-hydrogen) atoms. The summed E-state index contributed by atoms with van der Waals surface area (Å²) >= 11 is 0. The van der Waals surface area contributed by atoms with Gasteiger partial charge in [-0.3, -0.25) is 19.6 Å². The van der Waals surface area contributed by atoms with E-state index in [1.807, 2.05) is 4.90 Å². The molecule has 12 heteroatoms. The third-order valence-electron chi connectivity index (χ3n) is 6.01. The van der Waals surface area contributed by atoms with Gasteiger partial charge in [-0.15, -0.1) is 0 Å². The second kappa shape index (κ2) is 8.76. The largest absolute Gasteiger partial charge is 0.320 e. The zero-order valence-electron chi connectivity index (χ0n) is 18.1. The van der Waals surface area contributed by atoms with E-state index in [2.05, 4.69) is 4.98 Å². The number of piperazine rings is 1. The number of non-ortho nitro benzene ring substituents is 1. The zero-order valence-corrected chi connectivity index (χ0v) is 18.9. The summed E-state index contributed by atoms with van der Waals surface area (Å²) in [6.45, 7) is 1.47. The molecule has 9 nitrogen and oxygen atoms in total. The van der Waals surface area contributed by atoms with Crippen molar-refractivity contribution in [1.29, 1.82) is 0 Å². The fraction of sp³-hybridized carbons (Fsp3) is 0.381. The molecule has 0 aliphatic carbocycles. The minimum Gasteiger partial charge on any atom is -0.291 e. The van der Waals surface area contributed by atoms with Crippen molar-refractivity contribution in [2.24, 2.45) is 0 Å². The van der Waals surface area contributed by atoms with Crippen LogP contribution in [0.4, 0.5) is 14.5 Å². The van der Waals surface area contributed by atoms with Gasteiger partial charge in [-0.25, -0.2) is 13.4 Å². The third kappa shape index (κ3) is 4.21. The SMILES string of the molecule is Cc1ccc([N+](=O)[O-])cc1S(=O)(=O)N1CCN([C@H](C)c2nc3ccccc3n2C(F)F)CC1. The van der Waals surface area contributed by atoms with Gasteiger partial charge in [0.2, 0.25) is 10.0 Å². The van der Waals surface area contributed by atoms with Gasteiger partial charge in [0, 0.05) is 38.3 Å². The first-order valence-corrected chi connectivity index (χ1v) is 11.8. The minimum atomic E-state index is -3.94. The summed E-state index contributed by atoms with van der Waals surface area (Å²) in [5.41, 5.74) is 0.943. The highest BCUT2D eigenvalue weighted by atomic mass is 32.2. The lowest BCUT2D eigenvalue weighted by Crippen LogP contribution is -2.49. The number of aryl methyl sites for hydroxylation is 1. The Morgan fingerprint density at radius 1 is 1.09 bits per heavy atom. The van der Waals surface area contributed by atoms with E-state index >= 15 is 0 Å². The standard InChI is InChI=1S/C21H23F2N5O4S/c1-14-7-8-16(28(29)30)13-19(14)33(31,32)26-11-9-25(10-12-26)15(2)20-24-17-5-3-4-6-18(17)27(20)21(22)23/h3-8,13,15,21H,9-12H2,1-2H3/t15-/m1/s1. The predicted molar refractivity (Wildman–Crippen MR) is 118 cm³/mol. The van der Waals surface area contributed by atoms with Crippen molar-refractivity contribution >= 4 is 26.7 Å². The fourth-order valence-electron chi connectivity index (χ4n) is 4.18. The number of rotatable bonds is 6. The van der Waals surface area contributed by atoms with Crippen LogP contribution < -0.4 is 0 Å². The van der Waals surface area contributed by atoms with Crippen molar-refractivity contribution in [3.63, 3.8) is 0 Å². The van der Waals surface area contributed by atoms with Crippen molar-refractivity contribution in [2.45, 2.75) is 31.3 Å². The molecule has 176 valence electrons. The number of hydrogen-bond donors (Lipinski definition) is 0. The van der Waals surface area contributed by atoms with Gasteiger partial charge in [0.25, 0.3) is 5.69 Å². The van der Waals surface area contributed by atoms with Gasteiger partial charge >= 0.3 is 6.55 Å². The van der Waals surface area contributed by atoms with E-state index < -0.39 is 27.5 Å². The minimum absolute atomic E-state index is 0.0994. The number of fused-ring (bicyclic) bond motifs is 1. The van der Waals surface area contributed by atoms with Crippen molar-refractivity contribution in [3.05, 3.63) is 64.0 Å². The maximum Gasteiger partial charge on any atom is 0.320 e. The number of para-hydroxylation sites is 2. The Morgan fingerprint density at radius 3 is 2.39 bits per heavy atom. The molecule has 0 amide bonds. The Balaban J connectivity index is 1.55. The average Bonchev–Trinajstić information content (AvgIpc) is 3.18. The highest BCUT2D eigenvalue weighted by Crippen LogP contribution is 2.31. The van der Waals surface area contributed by atoms with E-state index in [9.17, 15) is 27.3 Å². The van der Waals surface area contributed by atoms with Gasteiger partial charge in [-0.1, -0.05) is 18.2 Å². The Labute approximate surface area is 189 Å². The van der Waals surface area contributed by atoms with E-state index in [1.165, 1.54) is 16.4 Å². The summed E-state index contributed by atoms with van der Waals surface area (Å²) < 4.78 is 56.1. The topological polar surface area (TPSA) is 102 Å². The smallest absolute Gasteiger partial charge is 0.291 e. The number of sulfonamides is 1. The quantitative estimate of drug-likeness (QED) is 0.395. The van der Waals surface area contributed by atoms with Gasteiger partial charge < -0.3 is 0 Å². The van der Waals surface area contributed by atoms with Crippen LogP contribution in [0.5, 0.6) is 0 Å². The lowest BCUT2D eigenvalue weighted by Gasteiger charge is -2.37. The summed E-state index contributed by atoms with van der Waals surface area (Å²) in [6, 6.07) is 9.98. The number of benzene rings is 2. The Hall–Kier alpha value is -2.96. The number of aromatic nitrogens is 2. The molecule has 1 aromatic heterocycles. The maximum absolute atomic E-state index is 13.8. The average molecular weight is 480 g/mol. The third-order valence-corrected chi connectivity index (χ3v) is 8.05. The second-order valence-corrected chi connectivity index (χ2v) is 9.84. The number of alkyl halides is 2. The van der Waals surface area contributed by atoms with Crippen LogP contribution >= 0.6 is 0 Å². The van der Waals surface area contributed by atoms with Crippen LogP contribution in [-0.2, 0) is 10.0 Å². The van der Waals surface area contributed by atoms with E-state index in [0.717, 1.165) is 10.6 Å². The van der Waals surface area contributed by atoms with Crippen molar-refractivity contribution in [1.82, 2.24) is 18.8 Å². The molecular formula is C21H23F2N5O4S. The fourth-order valence-corrected chi connectivity index (χ4v) is 5.84. The van der Waals surface area contributed by atoms with Crippen LogP contribution in [0, 0.1) is 17.0 Å². The first-order valence-electron chi connectivity index (χ1n) is 10.4. The molecule has 2 heterocycles. The highest BCUT2D eigenvalue weighted by Gasteiger charge is 2.34. The van der Waals surface area contributed by atoms with Crippen LogP contribution in [0.15, 0.2) is 47.4 Å². The Morgan fingerprint density at radius 2 is 1.76 bits per heavy atom. The molecule has 0 radical (unpaired) electrons. The van der Waals surface area contributed by atoms with Crippen molar-refractivity contribution in [3.8, 4) is 0 Å². The predicted octanol–water partition coefficient (Wildman–Crippen LogP) is 3.72. The van der Waals surface area contributed by atoms with E-state index in [4.69, 9.17) is 0 Å². The zero-order chi connectivity index (χ0) is 23.9. The molecule has 4 rings (SSSR count). The summed E-state index contributed by atoms with van der Waals surface area (Å²) in [5.74, 6) is 0.219. The summed E-state index contributed by atoms with van der Waals surface area (Å²) in [6.07, 6.45) is 0. The van der Waals surface area contributed by atoms with Gasteiger partial charge in [-0.05, 0) is 31.5 Å². The maximum atomic E-state index is 13.8. The van der Waals surface area contributed by atoms with Crippen LogP contribution in [0.25, 0.3) is 11.0 Å². The summed E-state index contributed by atoms with van der Waals surface area (Å²) in [7, 11) is -3.94. The van der Waals surface area contributed by atoms with Crippen molar-refractivity contribution < 1.29 is 22.1 Å². The van der Waals surface area contributed by atoms with Gasteiger partial charge in [-0.2, -0.15) is 13.1 Å². The molecule has 0 saturated carbocycles. The monoisotopic (exact) mass is 479 g/mol. The van der Waals surface area contributed by atoms with Gasteiger partial charge in [0.15, 0.2) is 0 Å². The Bertz CT molecular complexity index is 1300. The summed E-state index contributed by atoms with van der Waals surface area (Å²) in [4.78, 5) is 16.7. The van der Waals surface area contributed by atoms with Crippen molar-refractivity contribution in [2.75, 3.05) is 26.2 Å². The number of nitro groups is 1. The molecule has 0 spiro atoms. The first-order chi connectivity index (χ1) is 15.6. The summed E-state index contributed by atoms with van der Waals surface area (Å²) in [5, 5.41) is 11.1. The molecule has 1 atom stereocenters. The first kappa shape index (κ1) is 23.2. The Kier molecular flexibility index (Phi) is 6.16. The van der Waals surface area contributed by atoms with E-state index in [-0.39, 0.29) is 29.5 Å². The number of nitrogens with zero attached hydrogens (tertiary/aromatic N) is 5. The van der Waals surface area contributed by atoms with Gasteiger partial charge in [0.1, 0.15) is 5.82 Å². The molecule has 3 aromatic rings. The van der Waals surface area contributed by atoms with Crippen LogP contribution in [0.2, 0.25) is 0 Å². The van der Waals surface area contributed by atoms with E-state index in [0.29, 0.717) is 29.7 Å². The molecule has 1 aliphatic heterocycles. The van der Waals surface area contributed by atoms with Crippen LogP contribution in [-0.4, -0.2) is 58.3 Å². The molecule has 1 saturated heterocycles. The molecule has 0 bridgehead atoms. The molecule has 0 N–H and O–H groups in total. The molecular weight excluding hydrogens is 456 g/mol. The number of hydrogen-bond acceptors (Lipinski definition) is 6. The number of imidazole rings is 1. The lowest BCUT2D eigenvalue weighted by molar-refractivity contribution is -0.385. The second-order valence-electron chi connectivity index (χ2n) is 7.93. The number of halogens is 2. The van der Waals surface area contributed by atoms with Crippen LogP contribution in [0.1, 0.15) is 30.9 Å². The highest BCUT2D eigenvalue weighted by molar-refractivity contribution is 7.89. The molecule has 0 unspecified atom stereocenters. The lowest BCUT2D eigenvalue weighted by atomic mass is 10.2. The normalized spacial score (nSPS) is 17.0. The molecule has 1 fully saturated rings. The number of nitro benzene ring substituents is 1. The molecule has 1 aliphatic rings. The van der Waals surface area contributed by atoms with Gasteiger partial charge in [0.05, 0.1) is 26.9 Å². The molecule has 2 aromatic carbocycles. The van der Waals surface area contributed by atoms with Crippen LogP contribution in [0.3, 0.4) is 0 Å². The van der Waals surface area contributed by atoms with E-state index in [1.54, 1.807) is 38.1 Å².